The van der Waals surface area contributed by atoms with Gasteiger partial charge in [0.2, 0.25) is 0 Å². The number of nitrogens with zero attached hydrogens (tertiary/aromatic N) is 5. The van der Waals surface area contributed by atoms with Gasteiger partial charge in [0.25, 0.3) is 5.91 Å². The molecule has 9 nitrogen and oxygen atoms in total. The molecule has 29 heavy (non-hydrogen) atoms. The Balaban J connectivity index is 1.31. The van der Waals surface area contributed by atoms with Gasteiger partial charge in [0.15, 0.2) is 17.3 Å². The lowest BCUT2D eigenvalue weighted by Crippen LogP contribution is -2.29. The second-order valence-electron chi connectivity index (χ2n) is 6.23. The Bertz CT molecular complexity index is 1090. The lowest BCUT2D eigenvalue weighted by Gasteiger charge is -2.09. The van der Waals surface area contributed by atoms with Crippen LogP contribution in [0.1, 0.15) is 16.3 Å². The van der Waals surface area contributed by atoms with E-state index in [1.807, 2.05) is 49.5 Å². The number of carbonyl (C=O) groups is 1. The van der Waals surface area contributed by atoms with E-state index in [4.69, 9.17) is 4.52 Å². The molecule has 0 saturated heterocycles. The largest absolute Gasteiger partial charge is 0.368 e. The van der Waals surface area contributed by atoms with E-state index in [1.165, 1.54) is 0 Å². The van der Waals surface area contributed by atoms with Crippen molar-refractivity contribution in [2.24, 2.45) is 0 Å². The fourth-order valence-corrected chi connectivity index (χ4v) is 2.74. The van der Waals surface area contributed by atoms with Gasteiger partial charge < -0.3 is 15.2 Å². The molecule has 0 bridgehead atoms. The zero-order valence-corrected chi connectivity index (χ0v) is 15.7. The molecule has 9 heteroatoms. The van der Waals surface area contributed by atoms with Crippen LogP contribution >= 0.6 is 0 Å². The maximum Gasteiger partial charge on any atom is 0.273 e. The van der Waals surface area contributed by atoms with Crippen LogP contribution in [0.5, 0.6) is 0 Å². The third-order valence-corrected chi connectivity index (χ3v) is 4.08. The summed E-state index contributed by atoms with van der Waals surface area (Å²) < 4.78 is 6.92. The smallest absolute Gasteiger partial charge is 0.273 e. The van der Waals surface area contributed by atoms with Gasteiger partial charge in [-0.15, -0.1) is 0 Å². The molecule has 4 rings (SSSR count). The first-order valence-electron chi connectivity index (χ1n) is 9.09. The molecular weight excluding hydrogens is 370 g/mol. The number of hydrogen-bond donors (Lipinski definition) is 2. The molecule has 0 atom stereocenters. The maximum atomic E-state index is 12.3. The number of aromatic nitrogens is 5. The fraction of sp³-hybridized carbons (Fsp3) is 0.150. The van der Waals surface area contributed by atoms with E-state index in [2.05, 4.69) is 30.9 Å². The highest BCUT2D eigenvalue weighted by molar-refractivity contribution is 5.93. The van der Waals surface area contributed by atoms with Crippen molar-refractivity contribution in [3.8, 4) is 17.1 Å². The van der Waals surface area contributed by atoms with E-state index >= 15 is 0 Å². The minimum Gasteiger partial charge on any atom is -0.368 e. The monoisotopic (exact) mass is 389 g/mol. The Labute approximate surface area is 166 Å². The predicted molar refractivity (Wildman–Crippen MR) is 107 cm³/mol. The SMILES string of the molecule is Cc1nc(NCCNC(=O)c2cc(-c3ccccc3)on2)cc(-n2cccn2)n1. The van der Waals surface area contributed by atoms with E-state index in [0.717, 1.165) is 5.56 Å². The molecule has 0 fully saturated rings. The zero-order chi connectivity index (χ0) is 20.1. The summed E-state index contributed by atoms with van der Waals surface area (Å²) in [4.78, 5) is 21.0. The highest BCUT2D eigenvalue weighted by Gasteiger charge is 2.13. The van der Waals surface area contributed by atoms with Crippen molar-refractivity contribution in [2.75, 3.05) is 18.4 Å². The zero-order valence-electron chi connectivity index (χ0n) is 15.7. The quantitative estimate of drug-likeness (QED) is 0.467. The highest BCUT2D eigenvalue weighted by atomic mass is 16.5. The normalized spacial score (nSPS) is 10.7. The standard InChI is InChI=1S/C20H19N7O2/c1-14-24-18(13-19(25-14)27-11-5-8-23-27)21-9-10-22-20(28)16-12-17(29-26-16)15-6-3-2-4-7-15/h2-8,11-13H,9-10H2,1H3,(H,22,28)(H,21,24,25). The molecule has 4 aromatic rings. The first-order chi connectivity index (χ1) is 14.2. The summed E-state index contributed by atoms with van der Waals surface area (Å²) in [6.45, 7) is 2.70. The van der Waals surface area contributed by atoms with Crippen molar-refractivity contribution in [3.05, 3.63) is 72.4 Å². The van der Waals surface area contributed by atoms with E-state index in [0.29, 0.717) is 36.3 Å². The molecule has 0 aliphatic rings. The van der Waals surface area contributed by atoms with Crippen LogP contribution in [0.4, 0.5) is 5.82 Å². The Hall–Kier alpha value is -4.01. The summed E-state index contributed by atoms with van der Waals surface area (Å²) in [7, 11) is 0. The average Bonchev–Trinajstić information content (AvgIpc) is 3.44. The van der Waals surface area contributed by atoms with Crippen molar-refractivity contribution in [1.29, 1.82) is 0 Å². The summed E-state index contributed by atoms with van der Waals surface area (Å²) in [5.74, 6) is 2.21. The van der Waals surface area contributed by atoms with Crippen LogP contribution < -0.4 is 10.6 Å². The van der Waals surface area contributed by atoms with Gasteiger partial charge in [0.1, 0.15) is 11.6 Å². The molecule has 0 unspecified atom stereocenters. The molecule has 0 aliphatic heterocycles. The van der Waals surface area contributed by atoms with Gasteiger partial charge in [-0.2, -0.15) is 5.10 Å². The summed E-state index contributed by atoms with van der Waals surface area (Å²) in [5.41, 5.74) is 1.11. The molecule has 2 N–H and O–H groups in total. The summed E-state index contributed by atoms with van der Waals surface area (Å²) in [6, 6.07) is 14.8. The second kappa shape index (κ2) is 8.34. The first kappa shape index (κ1) is 18.4. The Kier molecular flexibility index (Phi) is 5.28. The van der Waals surface area contributed by atoms with Crippen molar-refractivity contribution < 1.29 is 9.32 Å². The molecule has 3 heterocycles. The average molecular weight is 389 g/mol. The molecule has 0 aliphatic carbocycles. The first-order valence-corrected chi connectivity index (χ1v) is 9.09. The maximum absolute atomic E-state index is 12.3. The van der Waals surface area contributed by atoms with Crippen molar-refractivity contribution >= 4 is 11.7 Å². The van der Waals surface area contributed by atoms with Gasteiger partial charge in [-0.3, -0.25) is 4.79 Å². The lowest BCUT2D eigenvalue weighted by atomic mass is 10.1. The number of carbonyl (C=O) groups excluding carboxylic acids is 1. The number of hydrogen-bond acceptors (Lipinski definition) is 7. The topological polar surface area (TPSA) is 111 Å². The van der Waals surface area contributed by atoms with Gasteiger partial charge >= 0.3 is 0 Å². The predicted octanol–water partition coefficient (Wildman–Crippen LogP) is 2.47. The molecular formula is C20H19N7O2. The van der Waals surface area contributed by atoms with Crippen molar-refractivity contribution in [1.82, 2.24) is 30.2 Å². The van der Waals surface area contributed by atoms with E-state index in [-0.39, 0.29) is 11.6 Å². The number of amides is 1. The van der Waals surface area contributed by atoms with E-state index in [9.17, 15) is 4.79 Å². The minimum atomic E-state index is -0.297. The van der Waals surface area contributed by atoms with Crippen LogP contribution in [-0.2, 0) is 0 Å². The van der Waals surface area contributed by atoms with Gasteiger partial charge in [-0.05, 0) is 13.0 Å². The second-order valence-corrected chi connectivity index (χ2v) is 6.23. The molecule has 0 saturated carbocycles. The third kappa shape index (κ3) is 4.46. The third-order valence-electron chi connectivity index (χ3n) is 4.08. The summed E-state index contributed by atoms with van der Waals surface area (Å²) in [6.07, 6.45) is 3.50. The number of nitrogens with one attached hydrogen (secondary N) is 2. The van der Waals surface area contributed by atoms with Gasteiger partial charge in [0, 0.05) is 43.2 Å². The number of rotatable bonds is 7. The molecule has 0 spiro atoms. The van der Waals surface area contributed by atoms with Gasteiger partial charge in [0.05, 0.1) is 0 Å². The summed E-state index contributed by atoms with van der Waals surface area (Å²) in [5, 5.41) is 14.0. The minimum absolute atomic E-state index is 0.239. The molecule has 1 aromatic carbocycles. The van der Waals surface area contributed by atoms with Gasteiger partial charge in [-0.25, -0.2) is 14.6 Å². The van der Waals surface area contributed by atoms with Crippen LogP contribution in [0.15, 0.2) is 65.4 Å². The number of aryl methyl sites for hydroxylation is 1. The fourth-order valence-electron chi connectivity index (χ4n) is 2.74. The van der Waals surface area contributed by atoms with Gasteiger partial charge in [-0.1, -0.05) is 35.5 Å². The molecule has 146 valence electrons. The highest BCUT2D eigenvalue weighted by Crippen LogP contribution is 2.19. The number of benzene rings is 1. The Morgan fingerprint density at radius 1 is 1.10 bits per heavy atom. The molecule has 0 radical (unpaired) electrons. The van der Waals surface area contributed by atoms with Crippen molar-refractivity contribution in [3.63, 3.8) is 0 Å². The lowest BCUT2D eigenvalue weighted by molar-refractivity contribution is 0.0946. The van der Waals surface area contributed by atoms with Crippen LogP contribution in [-0.4, -0.2) is 43.9 Å². The molecule has 3 aromatic heterocycles. The molecule has 1 amide bonds. The van der Waals surface area contributed by atoms with Crippen LogP contribution in [0.2, 0.25) is 0 Å². The van der Waals surface area contributed by atoms with Crippen molar-refractivity contribution in [2.45, 2.75) is 6.92 Å². The number of anilines is 1. The van der Waals surface area contributed by atoms with Crippen LogP contribution in [0, 0.1) is 6.92 Å². The summed E-state index contributed by atoms with van der Waals surface area (Å²) >= 11 is 0. The van der Waals surface area contributed by atoms with E-state index < -0.39 is 0 Å². The Morgan fingerprint density at radius 3 is 2.76 bits per heavy atom. The Morgan fingerprint density at radius 2 is 1.97 bits per heavy atom. The van der Waals surface area contributed by atoms with Crippen LogP contribution in [0.3, 0.4) is 0 Å². The van der Waals surface area contributed by atoms with E-state index in [1.54, 1.807) is 23.0 Å². The van der Waals surface area contributed by atoms with Crippen LogP contribution in [0.25, 0.3) is 17.1 Å².